The number of hydrogen-bond donors (Lipinski definition) is 0. The Balaban J connectivity index is 2.10. The first kappa shape index (κ1) is 8.07. The molecule has 2 aliphatic rings. The van der Waals surface area contributed by atoms with Gasteiger partial charge in [0.05, 0.1) is 6.07 Å². The molecule has 12 heavy (non-hydrogen) atoms. The first-order valence-corrected chi connectivity index (χ1v) is 4.93. The highest BCUT2D eigenvalue weighted by atomic mass is 15.2. The molecule has 1 heterocycles. The lowest BCUT2D eigenvalue weighted by Gasteiger charge is -2.32. The molecule has 0 N–H and O–H groups in total. The molecular weight excluding hydrogens is 148 g/mol. The zero-order valence-corrected chi connectivity index (χ0v) is 7.71. The van der Waals surface area contributed by atoms with Crippen LogP contribution in [0.2, 0.25) is 0 Å². The number of likely N-dealkylation sites (tertiary alicyclic amines) is 1. The molecule has 2 rings (SSSR count). The molecule has 0 spiro atoms. The van der Waals surface area contributed by atoms with Crippen molar-refractivity contribution in [3.05, 3.63) is 0 Å². The van der Waals surface area contributed by atoms with Gasteiger partial charge in [-0.15, -0.1) is 0 Å². The molecule has 66 valence electrons. The molecule has 2 heteroatoms. The van der Waals surface area contributed by atoms with Gasteiger partial charge in [-0.05, 0) is 51.6 Å². The smallest absolute Gasteiger partial charge is 0.109 e. The molecule has 0 aromatic carbocycles. The first-order valence-electron chi connectivity index (χ1n) is 4.93. The molecule has 0 bridgehead atoms. The van der Waals surface area contributed by atoms with Crippen molar-refractivity contribution in [3.8, 4) is 6.07 Å². The number of rotatable bonds is 2. The van der Waals surface area contributed by atoms with Crippen LogP contribution in [0.5, 0.6) is 0 Å². The second-order valence-electron chi connectivity index (χ2n) is 4.23. The van der Waals surface area contributed by atoms with Crippen LogP contribution >= 0.6 is 0 Å². The van der Waals surface area contributed by atoms with Crippen LogP contribution in [-0.4, -0.2) is 23.5 Å². The largest absolute Gasteiger partial charge is 0.286 e. The second kappa shape index (κ2) is 2.74. The Kier molecular flexibility index (Phi) is 1.84. The van der Waals surface area contributed by atoms with E-state index < -0.39 is 0 Å². The zero-order chi connectivity index (χ0) is 8.60. The van der Waals surface area contributed by atoms with E-state index in [4.69, 9.17) is 5.26 Å². The highest BCUT2D eigenvalue weighted by Gasteiger charge is 2.46. The third-order valence-electron chi connectivity index (χ3n) is 3.36. The third-order valence-corrected chi connectivity index (χ3v) is 3.36. The Morgan fingerprint density at radius 1 is 1.33 bits per heavy atom. The Labute approximate surface area is 74.2 Å². The summed E-state index contributed by atoms with van der Waals surface area (Å²) in [6.45, 7) is 4.40. The van der Waals surface area contributed by atoms with E-state index in [-0.39, 0.29) is 5.54 Å². The van der Waals surface area contributed by atoms with E-state index in [0.29, 0.717) is 5.92 Å². The van der Waals surface area contributed by atoms with Crippen LogP contribution in [0.3, 0.4) is 0 Å². The number of hydrogen-bond acceptors (Lipinski definition) is 2. The quantitative estimate of drug-likeness (QED) is 0.622. The van der Waals surface area contributed by atoms with Crippen LogP contribution in [0.15, 0.2) is 0 Å². The van der Waals surface area contributed by atoms with E-state index in [1.807, 2.05) is 0 Å². The van der Waals surface area contributed by atoms with E-state index in [1.54, 1.807) is 0 Å². The topological polar surface area (TPSA) is 27.0 Å². The third kappa shape index (κ3) is 1.13. The average Bonchev–Trinajstić information content (AvgIpc) is 2.80. The summed E-state index contributed by atoms with van der Waals surface area (Å²) in [6, 6.07) is 2.51. The lowest BCUT2D eigenvalue weighted by atomic mass is 9.96. The maximum atomic E-state index is 9.16. The van der Waals surface area contributed by atoms with E-state index in [0.717, 1.165) is 13.1 Å². The van der Waals surface area contributed by atoms with Gasteiger partial charge >= 0.3 is 0 Å². The summed E-state index contributed by atoms with van der Waals surface area (Å²) in [5, 5.41) is 9.16. The minimum Gasteiger partial charge on any atom is -0.286 e. The fourth-order valence-corrected chi connectivity index (χ4v) is 2.25. The molecule has 2 nitrogen and oxygen atoms in total. The molecule has 1 unspecified atom stereocenters. The molecule has 1 saturated heterocycles. The Bertz CT molecular complexity index is 208. The minimum absolute atomic E-state index is 0.128. The molecule has 1 aliphatic heterocycles. The summed E-state index contributed by atoms with van der Waals surface area (Å²) in [5.41, 5.74) is -0.128. The number of nitriles is 1. The molecule has 0 aromatic heterocycles. The standard InChI is InChI=1S/C10H16N2/c1-10(8-11,9-4-5-9)12-6-2-3-7-12/h9H,2-7H2,1H3. The SMILES string of the molecule is CC(C#N)(C1CC1)N1CCCC1. The van der Waals surface area contributed by atoms with Gasteiger partial charge in [-0.1, -0.05) is 0 Å². The Morgan fingerprint density at radius 2 is 1.92 bits per heavy atom. The lowest BCUT2D eigenvalue weighted by molar-refractivity contribution is 0.167. The molecule has 0 amide bonds. The zero-order valence-electron chi connectivity index (χ0n) is 7.71. The van der Waals surface area contributed by atoms with Gasteiger partial charge in [0.2, 0.25) is 0 Å². The van der Waals surface area contributed by atoms with Crippen LogP contribution in [0.1, 0.15) is 32.6 Å². The van der Waals surface area contributed by atoms with Crippen LogP contribution in [0, 0.1) is 17.2 Å². The van der Waals surface area contributed by atoms with Gasteiger partial charge in [-0.2, -0.15) is 5.26 Å². The molecule has 1 aliphatic carbocycles. The van der Waals surface area contributed by atoms with Gasteiger partial charge in [0.1, 0.15) is 5.54 Å². The molecule has 1 atom stereocenters. The Hall–Kier alpha value is -0.550. The van der Waals surface area contributed by atoms with Crippen molar-refractivity contribution in [1.29, 1.82) is 5.26 Å². The van der Waals surface area contributed by atoms with Crippen molar-refractivity contribution in [2.24, 2.45) is 5.92 Å². The summed E-state index contributed by atoms with van der Waals surface area (Å²) < 4.78 is 0. The predicted octanol–water partition coefficient (Wildman–Crippen LogP) is 1.77. The summed E-state index contributed by atoms with van der Waals surface area (Å²) in [4.78, 5) is 2.38. The van der Waals surface area contributed by atoms with Gasteiger partial charge in [0, 0.05) is 0 Å². The van der Waals surface area contributed by atoms with Gasteiger partial charge in [-0.25, -0.2) is 0 Å². The fraction of sp³-hybridized carbons (Fsp3) is 0.900. The molecule has 0 radical (unpaired) electrons. The van der Waals surface area contributed by atoms with Gasteiger partial charge in [0.25, 0.3) is 0 Å². The maximum Gasteiger partial charge on any atom is 0.109 e. The van der Waals surface area contributed by atoms with Crippen LogP contribution in [-0.2, 0) is 0 Å². The van der Waals surface area contributed by atoms with Crippen molar-refractivity contribution in [2.45, 2.75) is 38.1 Å². The van der Waals surface area contributed by atoms with Gasteiger partial charge in [0.15, 0.2) is 0 Å². The molecular formula is C10H16N2. The average molecular weight is 164 g/mol. The second-order valence-corrected chi connectivity index (χ2v) is 4.23. The monoisotopic (exact) mass is 164 g/mol. The summed E-state index contributed by atoms with van der Waals surface area (Å²) in [5.74, 6) is 0.667. The van der Waals surface area contributed by atoms with E-state index >= 15 is 0 Å². The highest BCUT2D eigenvalue weighted by Crippen LogP contribution is 2.43. The van der Waals surface area contributed by atoms with Gasteiger partial charge < -0.3 is 0 Å². The van der Waals surface area contributed by atoms with E-state index in [1.165, 1.54) is 25.7 Å². The number of nitrogens with zero attached hydrogens (tertiary/aromatic N) is 2. The van der Waals surface area contributed by atoms with Crippen molar-refractivity contribution >= 4 is 0 Å². The van der Waals surface area contributed by atoms with E-state index in [9.17, 15) is 0 Å². The van der Waals surface area contributed by atoms with Crippen molar-refractivity contribution < 1.29 is 0 Å². The first-order chi connectivity index (χ1) is 5.77. The van der Waals surface area contributed by atoms with Crippen molar-refractivity contribution in [2.75, 3.05) is 13.1 Å². The minimum atomic E-state index is -0.128. The van der Waals surface area contributed by atoms with Crippen molar-refractivity contribution in [1.82, 2.24) is 4.90 Å². The fourth-order valence-electron chi connectivity index (χ4n) is 2.25. The van der Waals surface area contributed by atoms with Crippen LogP contribution in [0.4, 0.5) is 0 Å². The van der Waals surface area contributed by atoms with E-state index in [2.05, 4.69) is 17.9 Å². The van der Waals surface area contributed by atoms with Gasteiger partial charge in [-0.3, -0.25) is 4.90 Å². The lowest BCUT2D eigenvalue weighted by Crippen LogP contribution is -2.45. The summed E-state index contributed by atoms with van der Waals surface area (Å²) >= 11 is 0. The summed E-state index contributed by atoms with van der Waals surface area (Å²) in [7, 11) is 0. The molecule has 2 fully saturated rings. The summed E-state index contributed by atoms with van der Waals surface area (Å²) in [6.07, 6.45) is 5.09. The predicted molar refractivity (Wildman–Crippen MR) is 47.5 cm³/mol. The Morgan fingerprint density at radius 3 is 2.33 bits per heavy atom. The van der Waals surface area contributed by atoms with Crippen LogP contribution < -0.4 is 0 Å². The molecule has 1 saturated carbocycles. The van der Waals surface area contributed by atoms with Crippen LogP contribution in [0.25, 0.3) is 0 Å². The van der Waals surface area contributed by atoms with Crippen molar-refractivity contribution in [3.63, 3.8) is 0 Å². The molecule has 0 aromatic rings. The highest BCUT2D eigenvalue weighted by molar-refractivity contribution is 5.14. The normalized spacial score (nSPS) is 29.7. The maximum absolute atomic E-state index is 9.16.